The van der Waals surface area contributed by atoms with E-state index in [9.17, 15) is 0 Å². The number of nitrogens with zero attached hydrogens (tertiary/aromatic N) is 1. The molecule has 5 heteroatoms. The summed E-state index contributed by atoms with van der Waals surface area (Å²) in [6, 6.07) is 0.512. The number of hydrogen-bond acceptors (Lipinski definition) is 3. The van der Waals surface area contributed by atoms with Crippen molar-refractivity contribution < 1.29 is 9.47 Å². The molecule has 0 radical (unpaired) electrons. The van der Waals surface area contributed by atoms with Gasteiger partial charge in [-0.1, -0.05) is 12.8 Å². The van der Waals surface area contributed by atoms with Gasteiger partial charge in [-0.3, -0.25) is 4.99 Å². The van der Waals surface area contributed by atoms with E-state index in [1.165, 1.54) is 25.7 Å². The van der Waals surface area contributed by atoms with Gasteiger partial charge in [0.15, 0.2) is 5.96 Å². The summed E-state index contributed by atoms with van der Waals surface area (Å²) in [4.78, 5) is 4.76. The number of rotatable bonds is 10. The average Bonchev–Trinajstić information content (AvgIpc) is 3.10. The summed E-state index contributed by atoms with van der Waals surface area (Å²) < 4.78 is 11.4. The van der Waals surface area contributed by atoms with Gasteiger partial charge in [-0.2, -0.15) is 0 Å². The van der Waals surface area contributed by atoms with Crippen molar-refractivity contribution in [2.75, 3.05) is 32.9 Å². The zero-order valence-electron chi connectivity index (χ0n) is 15.9. The minimum Gasteiger partial charge on any atom is -0.382 e. The van der Waals surface area contributed by atoms with Crippen LogP contribution in [-0.4, -0.2) is 51.0 Å². The molecular formula is C19H37N3O2. The lowest BCUT2D eigenvalue weighted by molar-refractivity contribution is -0.125. The molecule has 0 saturated heterocycles. The van der Waals surface area contributed by atoms with Crippen molar-refractivity contribution in [2.45, 2.75) is 77.9 Å². The fourth-order valence-electron chi connectivity index (χ4n) is 4.23. The van der Waals surface area contributed by atoms with Crippen LogP contribution >= 0.6 is 0 Å². The fraction of sp³-hybridized carbons (Fsp3) is 0.947. The molecule has 0 heterocycles. The van der Waals surface area contributed by atoms with Gasteiger partial charge in [-0.25, -0.2) is 0 Å². The molecule has 2 fully saturated rings. The molecule has 0 aromatic heterocycles. The summed E-state index contributed by atoms with van der Waals surface area (Å²) in [6.07, 6.45) is 8.98. The van der Waals surface area contributed by atoms with Crippen molar-refractivity contribution in [2.24, 2.45) is 10.4 Å². The van der Waals surface area contributed by atoms with Crippen LogP contribution in [0.1, 0.15) is 65.7 Å². The first kappa shape index (κ1) is 19.5. The Labute approximate surface area is 148 Å². The molecule has 1 spiro atoms. The number of guanidine groups is 1. The van der Waals surface area contributed by atoms with Gasteiger partial charge >= 0.3 is 0 Å². The van der Waals surface area contributed by atoms with Crippen LogP contribution < -0.4 is 10.6 Å². The maximum atomic E-state index is 6.01. The molecule has 0 bridgehead atoms. The molecule has 0 aromatic carbocycles. The summed E-state index contributed by atoms with van der Waals surface area (Å²) >= 11 is 0. The fourth-order valence-corrected chi connectivity index (χ4v) is 4.23. The first-order valence-corrected chi connectivity index (χ1v) is 10.0. The molecular weight excluding hydrogens is 302 g/mol. The Morgan fingerprint density at radius 1 is 1.12 bits per heavy atom. The predicted molar refractivity (Wildman–Crippen MR) is 99.6 cm³/mol. The number of aliphatic imine (C=N–C) groups is 1. The van der Waals surface area contributed by atoms with Crippen molar-refractivity contribution in [3.63, 3.8) is 0 Å². The highest BCUT2D eigenvalue weighted by Crippen LogP contribution is 2.54. The van der Waals surface area contributed by atoms with E-state index in [2.05, 4.69) is 24.5 Å². The Morgan fingerprint density at radius 3 is 2.58 bits per heavy atom. The molecule has 2 N–H and O–H groups in total. The van der Waals surface area contributed by atoms with Crippen LogP contribution in [0.3, 0.4) is 0 Å². The van der Waals surface area contributed by atoms with E-state index < -0.39 is 0 Å². The molecule has 140 valence electrons. The zero-order chi connectivity index (χ0) is 17.3. The highest BCUT2D eigenvalue weighted by atomic mass is 16.5. The molecule has 2 aliphatic carbocycles. The SMILES string of the molecule is CCNC(=NCCCCOCC)NC1CC(OCC)C12CCCC2. The van der Waals surface area contributed by atoms with E-state index in [-0.39, 0.29) is 0 Å². The minimum absolute atomic E-state index is 0.348. The van der Waals surface area contributed by atoms with Gasteiger partial charge in [0.1, 0.15) is 0 Å². The Morgan fingerprint density at radius 2 is 1.92 bits per heavy atom. The average molecular weight is 340 g/mol. The monoisotopic (exact) mass is 339 g/mol. The Balaban J connectivity index is 1.83. The second-order valence-corrected chi connectivity index (χ2v) is 6.98. The topological polar surface area (TPSA) is 54.9 Å². The third-order valence-electron chi connectivity index (χ3n) is 5.51. The lowest BCUT2D eigenvalue weighted by Gasteiger charge is -2.54. The molecule has 2 rings (SSSR count). The smallest absolute Gasteiger partial charge is 0.191 e. The number of nitrogens with one attached hydrogen (secondary N) is 2. The number of unbranched alkanes of at least 4 members (excludes halogenated alkanes) is 1. The van der Waals surface area contributed by atoms with Crippen molar-refractivity contribution in [3.05, 3.63) is 0 Å². The second kappa shape index (κ2) is 10.2. The normalized spacial score (nSPS) is 25.7. The summed E-state index contributed by atoms with van der Waals surface area (Å²) in [6.45, 7) is 10.5. The van der Waals surface area contributed by atoms with Crippen LogP contribution in [-0.2, 0) is 9.47 Å². The van der Waals surface area contributed by atoms with Gasteiger partial charge < -0.3 is 20.1 Å². The lowest BCUT2D eigenvalue weighted by Crippen LogP contribution is -2.65. The maximum Gasteiger partial charge on any atom is 0.191 e. The summed E-state index contributed by atoms with van der Waals surface area (Å²) in [5, 5.41) is 7.11. The van der Waals surface area contributed by atoms with Gasteiger partial charge in [0.2, 0.25) is 0 Å². The number of ether oxygens (including phenoxy) is 2. The summed E-state index contributed by atoms with van der Waals surface area (Å²) in [5.41, 5.74) is 0.348. The van der Waals surface area contributed by atoms with Crippen LogP contribution in [0.25, 0.3) is 0 Å². The Kier molecular flexibility index (Phi) is 8.33. The highest BCUT2D eigenvalue weighted by Gasteiger charge is 2.56. The van der Waals surface area contributed by atoms with Crippen molar-refractivity contribution in [3.8, 4) is 0 Å². The van der Waals surface area contributed by atoms with E-state index in [1.807, 2.05) is 6.92 Å². The molecule has 0 amide bonds. The van der Waals surface area contributed by atoms with E-state index >= 15 is 0 Å². The molecule has 2 unspecified atom stereocenters. The van der Waals surface area contributed by atoms with E-state index in [4.69, 9.17) is 14.5 Å². The van der Waals surface area contributed by atoms with E-state index in [0.717, 1.165) is 58.1 Å². The number of hydrogen-bond donors (Lipinski definition) is 2. The van der Waals surface area contributed by atoms with Crippen LogP contribution in [0.2, 0.25) is 0 Å². The van der Waals surface area contributed by atoms with Gasteiger partial charge in [0.05, 0.1) is 6.10 Å². The van der Waals surface area contributed by atoms with Crippen molar-refractivity contribution in [1.29, 1.82) is 0 Å². The zero-order valence-corrected chi connectivity index (χ0v) is 15.9. The van der Waals surface area contributed by atoms with Gasteiger partial charge in [-0.05, 0) is 52.9 Å². The molecule has 0 aliphatic heterocycles. The third-order valence-corrected chi connectivity index (χ3v) is 5.51. The maximum absolute atomic E-state index is 6.01. The molecule has 5 nitrogen and oxygen atoms in total. The van der Waals surface area contributed by atoms with Gasteiger partial charge in [-0.15, -0.1) is 0 Å². The quantitative estimate of drug-likeness (QED) is 0.365. The van der Waals surface area contributed by atoms with E-state index in [0.29, 0.717) is 17.6 Å². The Bertz CT molecular complexity index is 381. The third kappa shape index (κ3) is 4.85. The van der Waals surface area contributed by atoms with Crippen LogP contribution in [0.15, 0.2) is 4.99 Å². The van der Waals surface area contributed by atoms with Crippen LogP contribution in [0.4, 0.5) is 0 Å². The molecule has 2 atom stereocenters. The van der Waals surface area contributed by atoms with Crippen molar-refractivity contribution in [1.82, 2.24) is 10.6 Å². The first-order valence-electron chi connectivity index (χ1n) is 10.0. The van der Waals surface area contributed by atoms with E-state index in [1.54, 1.807) is 0 Å². The van der Waals surface area contributed by atoms with Crippen LogP contribution in [0, 0.1) is 5.41 Å². The molecule has 2 saturated carbocycles. The predicted octanol–water partition coefficient (Wildman–Crippen LogP) is 3.10. The Hall–Kier alpha value is -0.810. The molecule has 24 heavy (non-hydrogen) atoms. The largest absolute Gasteiger partial charge is 0.382 e. The summed E-state index contributed by atoms with van der Waals surface area (Å²) in [5.74, 6) is 0.972. The van der Waals surface area contributed by atoms with Crippen LogP contribution in [0.5, 0.6) is 0 Å². The first-order chi connectivity index (χ1) is 11.8. The summed E-state index contributed by atoms with van der Waals surface area (Å²) in [7, 11) is 0. The highest BCUT2D eigenvalue weighted by molar-refractivity contribution is 5.80. The van der Waals surface area contributed by atoms with Gasteiger partial charge in [0, 0.05) is 44.4 Å². The van der Waals surface area contributed by atoms with Crippen molar-refractivity contribution >= 4 is 5.96 Å². The lowest BCUT2D eigenvalue weighted by atomic mass is 9.60. The minimum atomic E-state index is 0.348. The molecule has 0 aromatic rings. The molecule has 2 aliphatic rings. The second-order valence-electron chi connectivity index (χ2n) is 6.98. The van der Waals surface area contributed by atoms with Gasteiger partial charge in [0.25, 0.3) is 0 Å². The standard InChI is InChI=1S/C19H37N3O2/c1-4-20-18(21-13-9-10-14-23-5-2)22-16-15-17(24-6-3)19(16)11-7-8-12-19/h16-17H,4-15H2,1-3H3,(H2,20,21,22).